The quantitative estimate of drug-likeness (QED) is 0.206. The molecule has 0 amide bonds. The maximum atomic E-state index is 12.6. The third-order valence-electron chi connectivity index (χ3n) is 3.37. The molecule has 0 bridgehead atoms. The van der Waals surface area contributed by atoms with Crippen molar-refractivity contribution in [2.24, 2.45) is 0 Å². The molecule has 0 fully saturated rings. The number of rotatable bonds is 3. The van der Waals surface area contributed by atoms with Crippen molar-refractivity contribution in [3.8, 4) is 5.75 Å². The van der Waals surface area contributed by atoms with Crippen LogP contribution in [0.3, 0.4) is 0 Å². The van der Waals surface area contributed by atoms with Crippen LogP contribution in [0.25, 0.3) is 10.8 Å². The van der Waals surface area contributed by atoms with Gasteiger partial charge in [-0.05, 0) is 74.2 Å². The molecule has 0 N–H and O–H groups in total. The zero-order chi connectivity index (χ0) is 16.4. The molecule has 3 rings (SSSR count). The van der Waals surface area contributed by atoms with Crippen molar-refractivity contribution in [1.82, 2.24) is 0 Å². The van der Waals surface area contributed by atoms with Gasteiger partial charge in [-0.3, -0.25) is 4.79 Å². The summed E-state index contributed by atoms with van der Waals surface area (Å²) in [6.07, 6.45) is 0.704. The number of hydrogen-bond acceptors (Lipinski definition) is 3. The Hall–Kier alpha value is -1.48. The maximum Gasteiger partial charge on any atom is 0.344 e. The first-order valence-electron chi connectivity index (χ1n) is 6.74. The van der Waals surface area contributed by atoms with Gasteiger partial charge in [0, 0.05) is 3.57 Å². The Morgan fingerprint density at radius 1 is 1.00 bits per heavy atom. The fraction of sp³-hybridized carbons (Fsp3) is 0. The molecule has 114 valence electrons. The van der Waals surface area contributed by atoms with Gasteiger partial charge in [-0.1, -0.05) is 36.4 Å². The van der Waals surface area contributed by atoms with E-state index in [9.17, 15) is 9.59 Å². The van der Waals surface area contributed by atoms with Crippen LogP contribution in [-0.2, 0) is 0 Å². The highest BCUT2D eigenvalue weighted by atomic mass is 127. The molecule has 0 atom stereocenters. The molecular formula is C18H10I2O3. The largest absolute Gasteiger partial charge is 0.421 e. The third kappa shape index (κ3) is 3.40. The summed E-state index contributed by atoms with van der Waals surface area (Å²) in [5.74, 6) is -0.164. The molecule has 0 radical (unpaired) electrons. The topological polar surface area (TPSA) is 43.4 Å². The smallest absolute Gasteiger partial charge is 0.344 e. The van der Waals surface area contributed by atoms with Gasteiger partial charge in [0.1, 0.15) is 0 Å². The van der Waals surface area contributed by atoms with Gasteiger partial charge in [0.2, 0.25) is 0 Å². The molecule has 0 saturated heterocycles. The van der Waals surface area contributed by atoms with Crippen LogP contribution in [-0.4, -0.2) is 12.3 Å². The zero-order valence-corrected chi connectivity index (χ0v) is 16.1. The van der Waals surface area contributed by atoms with E-state index < -0.39 is 5.97 Å². The molecule has 0 saturated carbocycles. The Bertz CT molecular complexity index is 914. The second kappa shape index (κ2) is 6.96. The lowest BCUT2D eigenvalue weighted by Crippen LogP contribution is -2.11. The molecule has 0 aromatic heterocycles. The highest BCUT2D eigenvalue weighted by Gasteiger charge is 2.17. The van der Waals surface area contributed by atoms with E-state index in [1.165, 1.54) is 0 Å². The summed E-state index contributed by atoms with van der Waals surface area (Å²) in [5, 5.41) is 1.79. The van der Waals surface area contributed by atoms with Gasteiger partial charge in [0.15, 0.2) is 12.0 Å². The summed E-state index contributed by atoms with van der Waals surface area (Å²) in [5.41, 5.74) is 0.851. The third-order valence-corrected chi connectivity index (χ3v) is 4.79. The number of benzene rings is 3. The van der Waals surface area contributed by atoms with E-state index in [4.69, 9.17) is 4.74 Å². The van der Waals surface area contributed by atoms with Crippen molar-refractivity contribution in [2.75, 3.05) is 0 Å². The molecule has 3 aromatic rings. The molecule has 23 heavy (non-hydrogen) atoms. The molecule has 0 aliphatic rings. The van der Waals surface area contributed by atoms with E-state index in [-0.39, 0.29) is 0 Å². The Morgan fingerprint density at radius 2 is 1.74 bits per heavy atom. The number of hydrogen-bond donors (Lipinski definition) is 0. The Balaban J connectivity index is 2.04. The van der Waals surface area contributed by atoms with E-state index in [0.29, 0.717) is 23.2 Å². The minimum absolute atomic E-state index is 0.305. The SMILES string of the molecule is O=Cc1cc(I)cc(I)c1OC(=O)c1cccc2ccccc12. The highest BCUT2D eigenvalue weighted by molar-refractivity contribution is 14.1. The van der Waals surface area contributed by atoms with Crippen LogP contribution in [0.2, 0.25) is 0 Å². The summed E-state index contributed by atoms with van der Waals surface area (Å²) >= 11 is 4.19. The van der Waals surface area contributed by atoms with Crippen molar-refractivity contribution < 1.29 is 14.3 Å². The molecule has 0 heterocycles. The minimum atomic E-state index is -0.468. The minimum Gasteiger partial charge on any atom is -0.421 e. The molecular weight excluding hydrogens is 518 g/mol. The Morgan fingerprint density at radius 3 is 2.52 bits per heavy atom. The molecule has 3 nitrogen and oxygen atoms in total. The maximum absolute atomic E-state index is 12.6. The lowest BCUT2D eigenvalue weighted by atomic mass is 10.0. The van der Waals surface area contributed by atoms with Gasteiger partial charge in [-0.25, -0.2) is 4.79 Å². The summed E-state index contributed by atoms with van der Waals surface area (Å²) < 4.78 is 7.18. The number of esters is 1. The molecule has 0 unspecified atom stereocenters. The van der Waals surface area contributed by atoms with Crippen LogP contribution < -0.4 is 4.74 Å². The van der Waals surface area contributed by atoms with Gasteiger partial charge in [-0.2, -0.15) is 0 Å². The first-order valence-corrected chi connectivity index (χ1v) is 8.90. The van der Waals surface area contributed by atoms with Crippen molar-refractivity contribution in [2.45, 2.75) is 0 Å². The van der Waals surface area contributed by atoms with Crippen molar-refractivity contribution in [3.63, 3.8) is 0 Å². The van der Waals surface area contributed by atoms with E-state index in [0.717, 1.165) is 17.9 Å². The van der Waals surface area contributed by atoms with Gasteiger partial charge in [0.05, 0.1) is 14.7 Å². The van der Waals surface area contributed by atoms with Crippen LogP contribution in [0.1, 0.15) is 20.7 Å². The normalized spacial score (nSPS) is 10.5. The van der Waals surface area contributed by atoms with E-state index in [1.807, 2.05) is 42.5 Å². The zero-order valence-electron chi connectivity index (χ0n) is 11.8. The lowest BCUT2D eigenvalue weighted by molar-refractivity contribution is 0.0734. The van der Waals surface area contributed by atoms with E-state index in [2.05, 4.69) is 45.2 Å². The summed E-state index contributed by atoms with van der Waals surface area (Å²) in [6, 6.07) is 16.7. The van der Waals surface area contributed by atoms with Crippen LogP contribution in [0, 0.1) is 7.14 Å². The molecule has 0 aliphatic carbocycles. The van der Waals surface area contributed by atoms with Crippen molar-refractivity contribution in [1.29, 1.82) is 0 Å². The Kier molecular flexibility index (Phi) is 4.96. The number of carbonyl (C=O) groups excluding carboxylic acids is 2. The number of carbonyl (C=O) groups is 2. The number of aldehydes is 1. The first kappa shape index (κ1) is 16.4. The summed E-state index contributed by atoms with van der Waals surface area (Å²) in [7, 11) is 0. The highest BCUT2D eigenvalue weighted by Crippen LogP contribution is 2.29. The van der Waals surface area contributed by atoms with Gasteiger partial charge in [0.25, 0.3) is 0 Å². The molecule has 3 aromatic carbocycles. The predicted molar refractivity (Wildman–Crippen MR) is 106 cm³/mol. The second-order valence-electron chi connectivity index (χ2n) is 4.84. The molecule has 0 aliphatic heterocycles. The van der Waals surface area contributed by atoms with Crippen molar-refractivity contribution in [3.05, 3.63) is 72.9 Å². The average molecular weight is 528 g/mol. The number of ether oxygens (including phenoxy) is 1. The lowest BCUT2D eigenvalue weighted by Gasteiger charge is -2.11. The first-order chi connectivity index (χ1) is 11.1. The van der Waals surface area contributed by atoms with Crippen LogP contribution >= 0.6 is 45.2 Å². The van der Waals surface area contributed by atoms with Crippen LogP contribution in [0.4, 0.5) is 0 Å². The standard InChI is InChI=1S/C18H10I2O3/c19-13-8-12(10-21)17(16(20)9-13)23-18(22)15-7-3-5-11-4-1-2-6-14(11)15/h1-10H. The van der Waals surface area contributed by atoms with Crippen LogP contribution in [0.5, 0.6) is 5.75 Å². The van der Waals surface area contributed by atoms with Gasteiger partial charge in [-0.15, -0.1) is 0 Å². The monoisotopic (exact) mass is 528 g/mol. The summed E-state index contributed by atoms with van der Waals surface area (Å²) in [4.78, 5) is 23.9. The van der Waals surface area contributed by atoms with E-state index in [1.54, 1.807) is 12.1 Å². The molecule has 0 spiro atoms. The summed E-state index contributed by atoms with van der Waals surface area (Å²) in [6.45, 7) is 0. The van der Waals surface area contributed by atoms with Gasteiger partial charge < -0.3 is 4.74 Å². The van der Waals surface area contributed by atoms with E-state index >= 15 is 0 Å². The Labute approximate surface area is 160 Å². The number of fused-ring (bicyclic) bond motifs is 1. The second-order valence-corrected chi connectivity index (χ2v) is 7.25. The number of halogens is 2. The fourth-order valence-corrected chi connectivity index (χ4v) is 4.33. The van der Waals surface area contributed by atoms with Crippen molar-refractivity contribution >= 4 is 68.2 Å². The average Bonchev–Trinajstić information content (AvgIpc) is 2.56. The predicted octanol–water partition coefficient (Wildman–Crippen LogP) is 5.08. The molecule has 5 heteroatoms. The fourth-order valence-electron chi connectivity index (χ4n) is 2.33. The van der Waals surface area contributed by atoms with Gasteiger partial charge >= 0.3 is 5.97 Å². The van der Waals surface area contributed by atoms with Crippen LogP contribution in [0.15, 0.2) is 54.6 Å².